The van der Waals surface area contributed by atoms with E-state index in [1.165, 1.54) is 0 Å². The summed E-state index contributed by atoms with van der Waals surface area (Å²) in [6.45, 7) is 5.95. The molecule has 0 atom stereocenters. The lowest BCUT2D eigenvalue weighted by Gasteiger charge is -2.05. The van der Waals surface area contributed by atoms with Gasteiger partial charge in [0.05, 0.1) is 12.4 Å². The van der Waals surface area contributed by atoms with Gasteiger partial charge in [-0.05, 0) is 32.4 Å². The molecule has 0 bridgehead atoms. The second kappa shape index (κ2) is 4.71. The highest BCUT2D eigenvalue weighted by atomic mass is 35.5. The topological polar surface area (TPSA) is 52.8 Å². The highest BCUT2D eigenvalue weighted by Gasteiger charge is 2.08. The van der Waals surface area contributed by atoms with Crippen LogP contribution in [-0.2, 0) is 0 Å². The minimum Gasteiger partial charge on any atom is -0.435 e. The first kappa shape index (κ1) is 11.9. The number of hydrogen-bond donors (Lipinski definition) is 0. The summed E-state index contributed by atoms with van der Waals surface area (Å²) >= 11 is 5.72. The third kappa shape index (κ3) is 2.74. The van der Waals surface area contributed by atoms with Crippen LogP contribution in [-0.4, -0.2) is 19.7 Å². The molecule has 0 fully saturated rings. The van der Waals surface area contributed by atoms with Gasteiger partial charge in [0.1, 0.15) is 0 Å². The van der Waals surface area contributed by atoms with Gasteiger partial charge in [0.2, 0.25) is 11.2 Å². The summed E-state index contributed by atoms with van der Waals surface area (Å²) in [7, 11) is 0. The lowest BCUT2D eigenvalue weighted by Crippen LogP contribution is -1.99. The molecule has 2 aromatic rings. The minimum atomic E-state index is 0.168. The van der Waals surface area contributed by atoms with E-state index in [4.69, 9.17) is 16.3 Å². The molecular formula is C11H13ClN4O. The van der Waals surface area contributed by atoms with Gasteiger partial charge in [-0.2, -0.15) is 10.1 Å². The van der Waals surface area contributed by atoms with E-state index >= 15 is 0 Å². The van der Waals surface area contributed by atoms with E-state index < -0.39 is 0 Å². The van der Waals surface area contributed by atoms with Crippen LogP contribution in [0.15, 0.2) is 18.6 Å². The van der Waals surface area contributed by atoms with Crippen molar-refractivity contribution in [3.05, 3.63) is 29.4 Å². The number of nitrogens with zero attached hydrogens (tertiary/aromatic N) is 4. The van der Waals surface area contributed by atoms with Crippen molar-refractivity contribution in [2.75, 3.05) is 0 Å². The SMILES string of the molecule is Cc1cnc(Cl)nc1Oc1cnn(C(C)C)c1. The molecule has 90 valence electrons. The van der Waals surface area contributed by atoms with Crippen molar-refractivity contribution in [1.82, 2.24) is 19.7 Å². The maximum atomic E-state index is 5.72. The van der Waals surface area contributed by atoms with E-state index in [0.717, 1.165) is 5.56 Å². The highest BCUT2D eigenvalue weighted by molar-refractivity contribution is 6.28. The molecule has 0 saturated carbocycles. The van der Waals surface area contributed by atoms with Gasteiger partial charge < -0.3 is 4.74 Å². The molecule has 2 heterocycles. The van der Waals surface area contributed by atoms with Crippen LogP contribution in [0, 0.1) is 6.92 Å². The van der Waals surface area contributed by atoms with Crippen LogP contribution in [0.3, 0.4) is 0 Å². The summed E-state index contributed by atoms with van der Waals surface area (Å²) in [6.07, 6.45) is 5.09. The Morgan fingerprint density at radius 3 is 2.76 bits per heavy atom. The number of halogens is 1. The van der Waals surface area contributed by atoms with Crippen LogP contribution in [0.4, 0.5) is 0 Å². The normalized spacial score (nSPS) is 10.9. The summed E-state index contributed by atoms with van der Waals surface area (Å²) in [5, 5.41) is 4.35. The Hall–Kier alpha value is -1.62. The van der Waals surface area contributed by atoms with Gasteiger partial charge in [-0.25, -0.2) is 4.98 Å². The Morgan fingerprint density at radius 1 is 1.35 bits per heavy atom. The number of rotatable bonds is 3. The van der Waals surface area contributed by atoms with Gasteiger partial charge in [0, 0.05) is 17.8 Å². The quantitative estimate of drug-likeness (QED) is 0.788. The van der Waals surface area contributed by atoms with Crippen molar-refractivity contribution in [1.29, 1.82) is 0 Å². The van der Waals surface area contributed by atoms with Gasteiger partial charge in [-0.3, -0.25) is 4.68 Å². The molecule has 0 aliphatic rings. The summed E-state index contributed by atoms with van der Waals surface area (Å²) in [6, 6.07) is 0.294. The summed E-state index contributed by atoms with van der Waals surface area (Å²) < 4.78 is 7.41. The van der Waals surface area contributed by atoms with Crippen LogP contribution in [0.1, 0.15) is 25.5 Å². The Morgan fingerprint density at radius 2 is 2.12 bits per heavy atom. The Kier molecular flexibility index (Phi) is 3.28. The first-order valence-corrected chi connectivity index (χ1v) is 5.65. The third-order valence-electron chi connectivity index (χ3n) is 2.22. The molecule has 0 aromatic carbocycles. The van der Waals surface area contributed by atoms with Crippen molar-refractivity contribution in [3.63, 3.8) is 0 Å². The molecule has 2 aromatic heterocycles. The molecule has 0 saturated heterocycles. The van der Waals surface area contributed by atoms with Gasteiger partial charge in [0.25, 0.3) is 0 Å². The predicted octanol–water partition coefficient (Wildman–Crippen LogP) is 3.01. The monoisotopic (exact) mass is 252 g/mol. The molecule has 6 heteroatoms. The summed E-state index contributed by atoms with van der Waals surface area (Å²) in [5.74, 6) is 1.09. The van der Waals surface area contributed by atoms with E-state index in [2.05, 4.69) is 15.1 Å². The van der Waals surface area contributed by atoms with Gasteiger partial charge in [-0.1, -0.05) is 0 Å². The molecule has 5 nitrogen and oxygen atoms in total. The first-order chi connectivity index (χ1) is 8.06. The maximum Gasteiger partial charge on any atom is 0.226 e. The number of aryl methyl sites for hydroxylation is 1. The average Bonchev–Trinajstić information content (AvgIpc) is 2.72. The van der Waals surface area contributed by atoms with Crippen molar-refractivity contribution >= 4 is 11.6 Å². The lowest BCUT2D eigenvalue weighted by molar-refractivity contribution is 0.454. The van der Waals surface area contributed by atoms with Crippen molar-refractivity contribution in [2.24, 2.45) is 0 Å². The van der Waals surface area contributed by atoms with E-state index in [1.807, 2.05) is 31.6 Å². The first-order valence-electron chi connectivity index (χ1n) is 5.27. The molecule has 0 radical (unpaired) electrons. The standard InChI is InChI=1S/C11H13ClN4O/c1-7(2)16-6-9(5-14-16)17-10-8(3)4-13-11(12)15-10/h4-7H,1-3H3. The number of aromatic nitrogens is 4. The predicted molar refractivity (Wildman–Crippen MR) is 64.5 cm³/mol. The van der Waals surface area contributed by atoms with Crippen LogP contribution >= 0.6 is 11.6 Å². The highest BCUT2D eigenvalue weighted by Crippen LogP contribution is 2.23. The molecule has 2 rings (SSSR count). The number of ether oxygens (including phenoxy) is 1. The minimum absolute atomic E-state index is 0.168. The number of hydrogen-bond acceptors (Lipinski definition) is 4. The fourth-order valence-electron chi connectivity index (χ4n) is 1.28. The van der Waals surface area contributed by atoms with Gasteiger partial charge in [-0.15, -0.1) is 0 Å². The van der Waals surface area contributed by atoms with Crippen LogP contribution < -0.4 is 4.74 Å². The van der Waals surface area contributed by atoms with Crippen LogP contribution in [0.2, 0.25) is 5.28 Å². The van der Waals surface area contributed by atoms with E-state index in [-0.39, 0.29) is 5.28 Å². The fraction of sp³-hybridized carbons (Fsp3) is 0.364. The molecule has 0 aliphatic carbocycles. The summed E-state index contributed by atoms with van der Waals surface area (Å²) in [4.78, 5) is 7.89. The maximum absolute atomic E-state index is 5.72. The van der Waals surface area contributed by atoms with Gasteiger partial charge in [0.15, 0.2) is 5.75 Å². The zero-order valence-electron chi connectivity index (χ0n) is 9.88. The molecule has 0 amide bonds. The average molecular weight is 253 g/mol. The Labute approximate surface area is 104 Å². The zero-order valence-corrected chi connectivity index (χ0v) is 10.6. The Bertz CT molecular complexity index is 524. The molecular weight excluding hydrogens is 240 g/mol. The Balaban J connectivity index is 2.22. The zero-order chi connectivity index (χ0) is 12.4. The molecule has 0 aliphatic heterocycles. The van der Waals surface area contributed by atoms with E-state index in [1.54, 1.807) is 12.4 Å². The van der Waals surface area contributed by atoms with Crippen molar-refractivity contribution in [3.8, 4) is 11.6 Å². The molecule has 0 spiro atoms. The molecule has 0 N–H and O–H groups in total. The fourth-order valence-corrected chi connectivity index (χ4v) is 1.40. The van der Waals surface area contributed by atoms with E-state index in [0.29, 0.717) is 17.7 Å². The van der Waals surface area contributed by atoms with Crippen LogP contribution in [0.25, 0.3) is 0 Å². The second-order valence-electron chi connectivity index (χ2n) is 3.98. The lowest BCUT2D eigenvalue weighted by atomic mass is 10.4. The van der Waals surface area contributed by atoms with Crippen molar-refractivity contribution in [2.45, 2.75) is 26.8 Å². The van der Waals surface area contributed by atoms with E-state index in [9.17, 15) is 0 Å². The second-order valence-corrected chi connectivity index (χ2v) is 4.32. The van der Waals surface area contributed by atoms with Crippen molar-refractivity contribution < 1.29 is 4.74 Å². The third-order valence-corrected chi connectivity index (χ3v) is 2.40. The van der Waals surface area contributed by atoms with Crippen LogP contribution in [0.5, 0.6) is 11.6 Å². The van der Waals surface area contributed by atoms with Gasteiger partial charge >= 0.3 is 0 Å². The largest absolute Gasteiger partial charge is 0.435 e. The summed E-state index contributed by atoms with van der Waals surface area (Å²) in [5.41, 5.74) is 0.826. The smallest absolute Gasteiger partial charge is 0.226 e. The molecule has 17 heavy (non-hydrogen) atoms. The molecule has 0 unspecified atom stereocenters.